The molecule has 0 bridgehead atoms. The number of amides is 2. The van der Waals surface area contributed by atoms with E-state index in [2.05, 4.69) is 15.4 Å². The van der Waals surface area contributed by atoms with Crippen LogP contribution in [-0.2, 0) is 4.74 Å². The van der Waals surface area contributed by atoms with Crippen molar-refractivity contribution in [3.63, 3.8) is 0 Å². The van der Waals surface area contributed by atoms with E-state index >= 15 is 0 Å². The Morgan fingerprint density at radius 2 is 1.91 bits per heavy atom. The number of methoxy groups -OCH3 is 1. The summed E-state index contributed by atoms with van der Waals surface area (Å²) in [7, 11) is 1.50. The van der Waals surface area contributed by atoms with Crippen LogP contribution in [0.1, 0.15) is 11.7 Å². The van der Waals surface area contributed by atoms with Crippen molar-refractivity contribution in [2.75, 3.05) is 26.8 Å². The number of carbonyl (C=O) groups excluding carboxylic acids is 1. The molecule has 0 heterocycles. The molecule has 0 saturated carbocycles. The van der Waals surface area contributed by atoms with Crippen molar-refractivity contribution in [2.45, 2.75) is 12.5 Å². The van der Waals surface area contributed by atoms with E-state index in [9.17, 15) is 23.1 Å². The number of halogens is 3. The van der Waals surface area contributed by atoms with Crippen LogP contribution in [-0.4, -0.2) is 44.3 Å². The molecular formula is C13H17F3N2O4. The number of benzene rings is 1. The van der Waals surface area contributed by atoms with E-state index in [0.717, 1.165) is 12.1 Å². The van der Waals surface area contributed by atoms with E-state index in [1.54, 1.807) is 0 Å². The van der Waals surface area contributed by atoms with Gasteiger partial charge in [0.05, 0.1) is 12.7 Å². The van der Waals surface area contributed by atoms with Gasteiger partial charge in [-0.05, 0) is 17.7 Å². The van der Waals surface area contributed by atoms with E-state index in [-0.39, 0.29) is 12.3 Å². The number of alkyl halides is 3. The molecule has 1 atom stereocenters. The third-order valence-electron chi connectivity index (χ3n) is 2.55. The molecule has 124 valence electrons. The highest BCUT2D eigenvalue weighted by Crippen LogP contribution is 2.24. The van der Waals surface area contributed by atoms with Gasteiger partial charge in [-0.15, -0.1) is 13.2 Å². The van der Waals surface area contributed by atoms with E-state index in [0.29, 0.717) is 18.7 Å². The minimum absolute atomic E-state index is 0.0850. The van der Waals surface area contributed by atoms with Crippen molar-refractivity contribution in [3.8, 4) is 5.75 Å². The molecule has 22 heavy (non-hydrogen) atoms. The van der Waals surface area contributed by atoms with Gasteiger partial charge in [-0.3, -0.25) is 0 Å². The Morgan fingerprint density at radius 3 is 2.45 bits per heavy atom. The van der Waals surface area contributed by atoms with Crippen molar-refractivity contribution in [2.24, 2.45) is 0 Å². The second kappa shape index (κ2) is 8.44. The van der Waals surface area contributed by atoms with Gasteiger partial charge in [0.1, 0.15) is 5.75 Å². The van der Waals surface area contributed by atoms with Crippen LogP contribution in [0, 0.1) is 0 Å². The first-order valence-electron chi connectivity index (χ1n) is 6.36. The second-order valence-corrected chi connectivity index (χ2v) is 4.26. The number of carbonyl (C=O) groups is 1. The molecular weight excluding hydrogens is 305 g/mol. The molecule has 3 N–H and O–H groups in total. The second-order valence-electron chi connectivity index (χ2n) is 4.26. The van der Waals surface area contributed by atoms with Gasteiger partial charge in [-0.1, -0.05) is 12.1 Å². The van der Waals surface area contributed by atoms with Crippen LogP contribution in [0.25, 0.3) is 0 Å². The zero-order valence-corrected chi connectivity index (χ0v) is 11.8. The average Bonchev–Trinajstić information content (AvgIpc) is 2.44. The first-order valence-corrected chi connectivity index (χ1v) is 6.36. The maximum Gasteiger partial charge on any atom is 0.573 e. The molecule has 1 aromatic rings. The van der Waals surface area contributed by atoms with Crippen LogP contribution in [0.15, 0.2) is 24.3 Å². The fourth-order valence-corrected chi connectivity index (χ4v) is 1.53. The van der Waals surface area contributed by atoms with E-state index in [1.807, 2.05) is 0 Å². The molecule has 0 fully saturated rings. The zero-order chi connectivity index (χ0) is 16.6. The van der Waals surface area contributed by atoms with E-state index in [1.165, 1.54) is 19.2 Å². The molecule has 0 radical (unpaired) electrons. The van der Waals surface area contributed by atoms with Crippen molar-refractivity contribution in [3.05, 3.63) is 29.8 Å². The molecule has 0 aliphatic carbocycles. The van der Waals surface area contributed by atoms with E-state index in [4.69, 9.17) is 4.74 Å². The summed E-state index contributed by atoms with van der Waals surface area (Å²) in [6, 6.07) is 4.27. The lowest BCUT2D eigenvalue weighted by atomic mass is 10.1. The van der Waals surface area contributed by atoms with Gasteiger partial charge >= 0.3 is 12.4 Å². The Kier molecular flexibility index (Phi) is 6.93. The van der Waals surface area contributed by atoms with Gasteiger partial charge in [0.2, 0.25) is 0 Å². The molecule has 0 spiro atoms. The maximum absolute atomic E-state index is 12.0. The predicted molar refractivity (Wildman–Crippen MR) is 71.4 cm³/mol. The summed E-state index contributed by atoms with van der Waals surface area (Å²) in [5, 5.41) is 14.8. The Balaban J connectivity index is 2.42. The zero-order valence-electron chi connectivity index (χ0n) is 11.8. The number of hydrogen-bond acceptors (Lipinski definition) is 4. The monoisotopic (exact) mass is 322 g/mol. The molecule has 1 rings (SSSR count). The Hall–Kier alpha value is -2.00. The highest BCUT2D eigenvalue weighted by Gasteiger charge is 2.31. The van der Waals surface area contributed by atoms with Gasteiger partial charge in [0.15, 0.2) is 0 Å². The van der Waals surface area contributed by atoms with Crippen molar-refractivity contribution >= 4 is 6.03 Å². The summed E-state index contributed by atoms with van der Waals surface area (Å²) >= 11 is 0. The fraction of sp³-hybridized carbons (Fsp3) is 0.462. The summed E-state index contributed by atoms with van der Waals surface area (Å²) in [6.07, 6.45) is -5.81. The van der Waals surface area contributed by atoms with Crippen LogP contribution >= 0.6 is 0 Å². The SMILES string of the molecule is COCCNC(=O)NC[C@@H](O)c1ccc(OC(F)(F)F)cc1. The molecule has 0 saturated heterocycles. The third-order valence-corrected chi connectivity index (χ3v) is 2.55. The lowest BCUT2D eigenvalue weighted by molar-refractivity contribution is -0.274. The molecule has 0 aliphatic heterocycles. The number of ether oxygens (including phenoxy) is 2. The summed E-state index contributed by atoms with van der Waals surface area (Å²) in [6.45, 7) is 0.594. The van der Waals surface area contributed by atoms with Crippen LogP contribution in [0.4, 0.5) is 18.0 Å². The smallest absolute Gasteiger partial charge is 0.406 e. The highest BCUT2D eigenvalue weighted by atomic mass is 19.4. The number of urea groups is 1. The minimum atomic E-state index is -4.76. The van der Waals surface area contributed by atoms with Gasteiger partial charge < -0.3 is 25.2 Å². The van der Waals surface area contributed by atoms with Gasteiger partial charge in [0.25, 0.3) is 0 Å². The largest absolute Gasteiger partial charge is 0.573 e. The van der Waals surface area contributed by atoms with Crippen LogP contribution in [0.2, 0.25) is 0 Å². The maximum atomic E-state index is 12.0. The van der Waals surface area contributed by atoms with Gasteiger partial charge in [-0.2, -0.15) is 0 Å². The first-order chi connectivity index (χ1) is 10.3. The number of rotatable bonds is 7. The lowest BCUT2D eigenvalue weighted by Gasteiger charge is -2.14. The minimum Gasteiger partial charge on any atom is -0.406 e. The predicted octanol–water partition coefficient (Wildman–Crippen LogP) is 1.56. The molecule has 6 nitrogen and oxygen atoms in total. The summed E-state index contributed by atoms with van der Waals surface area (Å²) in [5.74, 6) is -0.381. The number of aliphatic hydroxyl groups excluding tert-OH is 1. The van der Waals surface area contributed by atoms with Crippen molar-refractivity contribution < 1.29 is 32.5 Å². The van der Waals surface area contributed by atoms with Crippen LogP contribution in [0.3, 0.4) is 0 Å². The number of hydrogen-bond donors (Lipinski definition) is 3. The Labute approximate surface area is 125 Å². The van der Waals surface area contributed by atoms with Gasteiger partial charge in [-0.25, -0.2) is 4.79 Å². The Morgan fingerprint density at radius 1 is 1.27 bits per heavy atom. The molecule has 9 heteroatoms. The first kappa shape index (κ1) is 18.1. The van der Waals surface area contributed by atoms with Crippen LogP contribution in [0.5, 0.6) is 5.75 Å². The molecule has 1 aromatic carbocycles. The van der Waals surface area contributed by atoms with Crippen molar-refractivity contribution in [1.29, 1.82) is 0 Å². The number of aliphatic hydroxyl groups is 1. The Bertz CT molecular complexity index is 465. The standard InChI is InChI=1S/C13H17F3N2O4/c1-21-7-6-17-12(20)18-8-11(19)9-2-4-10(5-3-9)22-13(14,15)16/h2-5,11,19H,6-8H2,1H3,(H2,17,18,20)/t11-/m1/s1. The molecule has 2 amide bonds. The summed E-state index contributed by atoms with van der Waals surface area (Å²) in [5.41, 5.74) is 0.353. The topological polar surface area (TPSA) is 79.8 Å². The fourth-order valence-electron chi connectivity index (χ4n) is 1.53. The normalized spacial score (nSPS) is 12.6. The average molecular weight is 322 g/mol. The lowest BCUT2D eigenvalue weighted by Crippen LogP contribution is -2.39. The molecule has 0 aromatic heterocycles. The quantitative estimate of drug-likeness (QED) is 0.666. The number of nitrogens with one attached hydrogen (secondary N) is 2. The molecule has 0 unspecified atom stereocenters. The van der Waals surface area contributed by atoms with Gasteiger partial charge in [0, 0.05) is 20.2 Å². The van der Waals surface area contributed by atoms with Crippen molar-refractivity contribution in [1.82, 2.24) is 10.6 Å². The third kappa shape index (κ3) is 7.14. The molecule has 0 aliphatic rings. The summed E-state index contributed by atoms with van der Waals surface area (Å²) in [4.78, 5) is 11.3. The highest BCUT2D eigenvalue weighted by molar-refractivity contribution is 5.73. The summed E-state index contributed by atoms with van der Waals surface area (Å²) < 4.78 is 44.5. The van der Waals surface area contributed by atoms with E-state index < -0.39 is 18.5 Å². The van der Waals surface area contributed by atoms with Crippen LogP contribution < -0.4 is 15.4 Å².